The van der Waals surface area contributed by atoms with Gasteiger partial charge in [-0.25, -0.2) is 0 Å². The number of fused-ring (bicyclic) bond motifs is 5. The Labute approximate surface area is 143 Å². The fraction of sp³-hybridized carbons (Fsp3) is 0.571. The lowest BCUT2D eigenvalue weighted by Crippen LogP contribution is -2.45. The highest BCUT2D eigenvalue weighted by molar-refractivity contribution is 5.66. The number of hydrogen-bond acceptors (Lipinski definition) is 3. The molecule has 2 fully saturated rings. The van der Waals surface area contributed by atoms with Crippen molar-refractivity contribution in [1.82, 2.24) is 0 Å². The molecule has 0 aliphatic heterocycles. The standard InChI is InChI=1S/C21H26O3/c1-13(22)24-19-7-6-17-16-5-4-14-12-15(23)8-10-20(14,2)18(16)9-11-21(17,19)3/h4-5,8,10,12,17-19,23H,6-7,9,11H2,1-3H3/t17-,18-,19-,20-,21-/m0/s1. The molecular formula is C21H26O3. The van der Waals surface area contributed by atoms with Gasteiger partial charge in [0.1, 0.15) is 11.9 Å². The summed E-state index contributed by atoms with van der Waals surface area (Å²) in [6.07, 6.45) is 14.7. The van der Waals surface area contributed by atoms with Crippen LogP contribution in [0.1, 0.15) is 46.5 Å². The van der Waals surface area contributed by atoms with Crippen molar-refractivity contribution in [3.8, 4) is 0 Å². The Hall–Kier alpha value is -1.77. The zero-order chi connectivity index (χ0) is 17.1. The van der Waals surface area contributed by atoms with E-state index >= 15 is 0 Å². The van der Waals surface area contributed by atoms with E-state index in [4.69, 9.17) is 4.74 Å². The Bertz CT molecular complexity index is 711. The fourth-order valence-electron chi connectivity index (χ4n) is 5.67. The summed E-state index contributed by atoms with van der Waals surface area (Å²) < 4.78 is 5.67. The molecule has 1 N–H and O–H groups in total. The van der Waals surface area contributed by atoms with Crippen molar-refractivity contribution in [2.24, 2.45) is 22.7 Å². The van der Waals surface area contributed by atoms with Crippen LogP contribution in [0.5, 0.6) is 0 Å². The number of aliphatic hydroxyl groups excluding tert-OH is 1. The lowest BCUT2D eigenvalue weighted by atomic mass is 9.53. The number of carbonyl (C=O) groups is 1. The van der Waals surface area contributed by atoms with Gasteiger partial charge in [0.15, 0.2) is 0 Å². The van der Waals surface area contributed by atoms with Crippen molar-refractivity contribution >= 4 is 5.97 Å². The van der Waals surface area contributed by atoms with E-state index in [-0.39, 0.29) is 22.9 Å². The van der Waals surface area contributed by atoms with Crippen molar-refractivity contribution < 1.29 is 14.6 Å². The monoisotopic (exact) mass is 326 g/mol. The maximum Gasteiger partial charge on any atom is 0.302 e. The summed E-state index contributed by atoms with van der Waals surface area (Å²) in [6, 6.07) is 0. The van der Waals surface area contributed by atoms with Gasteiger partial charge in [0.2, 0.25) is 0 Å². The first-order valence-corrected chi connectivity index (χ1v) is 9.04. The minimum absolute atomic E-state index is 0.0306. The summed E-state index contributed by atoms with van der Waals surface area (Å²) in [5.41, 5.74) is 2.75. The number of hydrogen-bond donors (Lipinski definition) is 1. The topological polar surface area (TPSA) is 46.5 Å². The van der Waals surface area contributed by atoms with Gasteiger partial charge in [-0.2, -0.15) is 0 Å². The Kier molecular flexibility index (Phi) is 3.35. The second kappa shape index (κ2) is 5.11. The highest BCUT2D eigenvalue weighted by Crippen LogP contribution is 2.62. The predicted octanol–water partition coefficient (Wildman–Crippen LogP) is 4.63. The third kappa shape index (κ3) is 2.06. The number of rotatable bonds is 1. The number of ether oxygens (including phenoxy) is 1. The summed E-state index contributed by atoms with van der Waals surface area (Å²) in [5, 5.41) is 9.83. The SMILES string of the molecule is CC(=O)O[C@H]1CC[C@H]2C3=CC=C4C=C(O)C=C[C@]4(C)[C@H]3CC[C@]12C. The molecule has 3 heteroatoms. The molecule has 3 nitrogen and oxygen atoms in total. The van der Waals surface area contributed by atoms with Gasteiger partial charge >= 0.3 is 5.97 Å². The first kappa shape index (κ1) is 15.7. The first-order valence-electron chi connectivity index (χ1n) is 9.04. The molecule has 2 saturated carbocycles. The van der Waals surface area contributed by atoms with Crippen molar-refractivity contribution in [3.05, 3.63) is 47.3 Å². The molecule has 24 heavy (non-hydrogen) atoms. The van der Waals surface area contributed by atoms with Crippen molar-refractivity contribution in [1.29, 1.82) is 0 Å². The molecule has 4 aliphatic carbocycles. The average molecular weight is 326 g/mol. The molecule has 5 atom stereocenters. The zero-order valence-corrected chi connectivity index (χ0v) is 14.7. The Morgan fingerprint density at radius 1 is 1.21 bits per heavy atom. The van der Waals surface area contributed by atoms with Crippen LogP contribution in [-0.4, -0.2) is 17.2 Å². The molecule has 0 aromatic rings. The lowest BCUT2D eigenvalue weighted by Gasteiger charge is -2.51. The van der Waals surface area contributed by atoms with E-state index in [2.05, 4.69) is 32.1 Å². The maximum atomic E-state index is 11.5. The van der Waals surface area contributed by atoms with E-state index in [1.807, 2.05) is 12.2 Å². The molecular weight excluding hydrogens is 300 g/mol. The molecule has 0 amide bonds. The smallest absolute Gasteiger partial charge is 0.302 e. The molecule has 0 spiro atoms. The molecule has 0 aromatic carbocycles. The summed E-state index contributed by atoms with van der Waals surface area (Å²) in [6.45, 7) is 6.11. The van der Waals surface area contributed by atoms with E-state index in [0.29, 0.717) is 17.6 Å². The van der Waals surface area contributed by atoms with Crippen LogP contribution in [0.2, 0.25) is 0 Å². The van der Waals surface area contributed by atoms with E-state index < -0.39 is 0 Å². The third-order valence-electron chi connectivity index (χ3n) is 7.04. The van der Waals surface area contributed by atoms with E-state index in [1.165, 1.54) is 18.1 Å². The van der Waals surface area contributed by atoms with Gasteiger partial charge in [0.25, 0.3) is 0 Å². The number of esters is 1. The first-order chi connectivity index (χ1) is 11.3. The molecule has 4 aliphatic rings. The second-order valence-corrected chi connectivity index (χ2v) is 8.30. The molecule has 4 rings (SSSR count). The van der Waals surface area contributed by atoms with Crippen LogP contribution in [0.3, 0.4) is 0 Å². The minimum Gasteiger partial charge on any atom is -0.508 e. The highest BCUT2D eigenvalue weighted by Gasteiger charge is 2.56. The molecule has 0 saturated heterocycles. The van der Waals surface area contributed by atoms with E-state index in [1.54, 1.807) is 0 Å². The summed E-state index contributed by atoms with van der Waals surface area (Å²) in [4.78, 5) is 11.5. The van der Waals surface area contributed by atoms with Gasteiger partial charge in [-0.05, 0) is 55.2 Å². The quantitative estimate of drug-likeness (QED) is 0.715. The highest BCUT2D eigenvalue weighted by atomic mass is 16.5. The van der Waals surface area contributed by atoms with Crippen molar-refractivity contribution in [2.75, 3.05) is 0 Å². The summed E-state index contributed by atoms with van der Waals surface area (Å²) >= 11 is 0. The molecule has 0 heterocycles. The minimum atomic E-state index is -0.161. The maximum absolute atomic E-state index is 11.5. The van der Waals surface area contributed by atoms with Gasteiger partial charge < -0.3 is 9.84 Å². The van der Waals surface area contributed by atoms with Crippen molar-refractivity contribution in [3.63, 3.8) is 0 Å². The van der Waals surface area contributed by atoms with Gasteiger partial charge in [-0.15, -0.1) is 0 Å². The molecule has 0 bridgehead atoms. The number of aliphatic hydroxyl groups is 1. The van der Waals surface area contributed by atoms with Crippen LogP contribution in [0.4, 0.5) is 0 Å². The summed E-state index contributed by atoms with van der Waals surface area (Å²) in [7, 11) is 0. The van der Waals surface area contributed by atoms with Crippen LogP contribution in [0, 0.1) is 22.7 Å². The lowest BCUT2D eigenvalue weighted by molar-refractivity contribution is -0.153. The van der Waals surface area contributed by atoms with Crippen molar-refractivity contribution in [2.45, 2.75) is 52.6 Å². The van der Waals surface area contributed by atoms with Crippen LogP contribution in [0.15, 0.2) is 47.3 Å². The Morgan fingerprint density at radius 3 is 2.75 bits per heavy atom. The molecule has 0 unspecified atom stereocenters. The van der Waals surface area contributed by atoms with Gasteiger partial charge in [0.05, 0.1) is 0 Å². The van der Waals surface area contributed by atoms with Gasteiger partial charge in [-0.1, -0.05) is 37.6 Å². The third-order valence-corrected chi connectivity index (χ3v) is 7.04. The number of allylic oxidation sites excluding steroid dienone is 7. The van der Waals surface area contributed by atoms with Gasteiger partial charge in [-0.3, -0.25) is 4.79 Å². The Balaban J connectivity index is 1.71. The van der Waals surface area contributed by atoms with Gasteiger partial charge in [0, 0.05) is 17.8 Å². The largest absolute Gasteiger partial charge is 0.508 e. The fourth-order valence-corrected chi connectivity index (χ4v) is 5.67. The summed E-state index contributed by atoms with van der Waals surface area (Å²) in [5.74, 6) is 1.15. The van der Waals surface area contributed by atoms with Crippen LogP contribution in [-0.2, 0) is 9.53 Å². The van der Waals surface area contributed by atoms with Crippen LogP contribution in [0.25, 0.3) is 0 Å². The molecule has 0 radical (unpaired) electrons. The predicted molar refractivity (Wildman–Crippen MR) is 93.2 cm³/mol. The second-order valence-electron chi connectivity index (χ2n) is 8.30. The number of carbonyl (C=O) groups excluding carboxylic acids is 1. The van der Waals surface area contributed by atoms with Crippen LogP contribution >= 0.6 is 0 Å². The average Bonchev–Trinajstić information content (AvgIpc) is 2.84. The zero-order valence-electron chi connectivity index (χ0n) is 14.7. The Morgan fingerprint density at radius 2 is 2.00 bits per heavy atom. The van der Waals surface area contributed by atoms with E-state index in [9.17, 15) is 9.90 Å². The molecule has 0 aromatic heterocycles. The molecule has 128 valence electrons. The van der Waals surface area contributed by atoms with E-state index in [0.717, 1.165) is 25.7 Å². The normalized spacial score (nSPS) is 43.0. The van der Waals surface area contributed by atoms with Crippen LogP contribution < -0.4 is 0 Å².